The molecule has 0 bridgehead atoms. The van der Waals surface area contributed by atoms with Crippen molar-refractivity contribution < 1.29 is 13.0 Å². The van der Waals surface area contributed by atoms with Crippen LogP contribution in [-0.4, -0.2) is 33.1 Å². The van der Waals surface area contributed by atoms with Crippen molar-refractivity contribution in [3.05, 3.63) is 0 Å². The van der Waals surface area contributed by atoms with Gasteiger partial charge in [-0.1, -0.05) is 13.1 Å². The van der Waals surface area contributed by atoms with Gasteiger partial charge in [0.25, 0.3) is 0 Å². The van der Waals surface area contributed by atoms with E-state index in [0.717, 1.165) is 0 Å². The van der Waals surface area contributed by atoms with Gasteiger partial charge < -0.3 is 13.0 Å². The Morgan fingerprint density at radius 2 is 1.56 bits per heavy atom. The molecule has 0 radical (unpaired) electrons. The van der Waals surface area contributed by atoms with E-state index in [1.165, 1.54) is 0 Å². The first-order chi connectivity index (χ1) is 4.12. The third-order valence-corrected chi connectivity index (χ3v) is 7.42. The first-order valence-electron chi connectivity index (χ1n) is 3.12. The summed E-state index contributed by atoms with van der Waals surface area (Å²) in [5, 5.41) is 0. The van der Waals surface area contributed by atoms with Gasteiger partial charge in [-0.15, -0.1) is 0 Å². The van der Waals surface area contributed by atoms with E-state index in [4.69, 9.17) is 8.23 Å². The minimum Gasteiger partial charge on any atom is -0.422 e. The van der Waals surface area contributed by atoms with E-state index in [1.54, 1.807) is 6.55 Å². The maximum atomic E-state index is 9.28. The molecule has 0 rings (SSSR count). The summed E-state index contributed by atoms with van der Waals surface area (Å²) >= 11 is 0. The lowest BCUT2D eigenvalue weighted by atomic mass is 11.9. The highest BCUT2D eigenvalue weighted by molar-refractivity contribution is 6.67. The van der Waals surface area contributed by atoms with E-state index in [1.807, 2.05) is 13.1 Å². The molecule has 0 aliphatic carbocycles. The molecule has 56 valence electrons. The van der Waals surface area contributed by atoms with Crippen molar-refractivity contribution in [3.8, 4) is 0 Å². The predicted octanol–water partition coefficient (Wildman–Crippen LogP) is -1.16. The van der Waals surface area contributed by atoms with Gasteiger partial charge >= 0.3 is 8.80 Å². The number of rotatable bonds is 4. The SMILES string of the molecule is C[SiH2]O[Si](C)(O)O[SiH2]C. The third-order valence-electron chi connectivity index (χ3n) is 0.824. The summed E-state index contributed by atoms with van der Waals surface area (Å²) in [4.78, 5) is 9.28. The Hall–Kier alpha value is 0.531. The molecule has 0 amide bonds. The molecule has 0 aliphatic heterocycles. The van der Waals surface area contributed by atoms with E-state index in [-0.39, 0.29) is 0 Å². The molecule has 0 atom stereocenters. The largest absolute Gasteiger partial charge is 0.473 e. The summed E-state index contributed by atoms with van der Waals surface area (Å²) in [6.07, 6.45) is 0. The Morgan fingerprint density at radius 3 is 1.78 bits per heavy atom. The van der Waals surface area contributed by atoms with Crippen LogP contribution in [0.3, 0.4) is 0 Å². The Labute approximate surface area is 61.6 Å². The van der Waals surface area contributed by atoms with Crippen LogP contribution in [0.5, 0.6) is 0 Å². The summed E-state index contributed by atoms with van der Waals surface area (Å²) in [5.74, 6) is 0. The lowest BCUT2D eigenvalue weighted by Crippen LogP contribution is -2.40. The molecule has 3 nitrogen and oxygen atoms in total. The van der Waals surface area contributed by atoms with Gasteiger partial charge in [0.2, 0.25) is 0 Å². The Bertz CT molecular complexity index is 68.7. The topological polar surface area (TPSA) is 38.7 Å². The second-order valence-electron chi connectivity index (χ2n) is 1.76. The van der Waals surface area contributed by atoms with Crippen LogP contribution in [0.15, 0.2) is 0 Å². The van der Waals surface area contributed by atoms with Crippen LogP contribution in [-0.2, 0) is 8.23 Å². The van der Waals surface area contributed by atoms with Crippen molar-refractivity contribution in [2.75, 3.05) is 0 Å². The Balaban J connectivity index is 3.43. The normalized spacial score (nSPS) is 20.0. The van der Waals surface area contributed by atoms with Gasteiger partial charge in [-0.25, -0.2) is 0 Å². The summed E-state index contributed by atoms with van der Waals surface area (Å²) in [6.45, 7) is 5.66. The second kappa shape index (κ2) is 4.36. The van der Waals surface area contributed by atoms with E-state index >= 15 is 0 Å². The van der Waals surface area contributed by atoms with Crippen molar-refractivity contribution in [2.45, 2.75) is 19.6 Å². The quantitative estimate of drug-likeness (QED) is 0.558. The van der Waals surface area contributed by atoms with Crippen molar-refractivity contribution in [1.29, 1.82) is 0 Å². The van der Waals surface area contributed by atoms with E-state index < -0.39 is 28.3 Å². The average Bonchev–Trinajstić information content (AvgIpc) is 1.64. The zero-order valence-corrected chi connectivity index (χ0v) is 10.0. The van der Waals surface area contributed by atoms with Crippen LogP contribution in [0, 0.1) is 0 Å². The van der Waals surface area contributed by atoms with Crippen LogP contribution in [0.25, 0.3) is 0 Å². The summed E-state index contributed by atoms with van der Waals surface area (Å²) in [6, 6.07) is 0. The summed E-state index contributed by atoms with van der Waals surface area (Å²) in [5.41, 5.74) is 0. The van der Waals surface area contributed by atoms with Gasteiger partial charge in [-0.2, -0.15) is 0 Å². The Kier molecular flexibility index (Phi) is 4.62. The van der Waals surface area contributed by atoms with Gasteiger partial charge in [0.05, 0.1) is 0 Å². The highest BCUT2D eigenvalue weighted by atomic mass is 28.4. The molecular weight excluding hydrogens is 168 g/mol. The molecule has 0 spiro atoms. The van der Waals surface area contributed by atoms with Crippen LogP contribution in [0.4, 0.5) is 0 Å². The number of hydrogen-bond acceptors (Lipinski definition) is 3. The fourth-order valence-electron chi connectivity index (χ4n) is 0.577. The summed E-state index contributed by atoms with van der Waals surface area (Å²) in [7, 11) is -3.58. The fourth-order valence-corrected chi connectivity index (χ4v) is 5.95. The molecule has 6 heteroatoms. The molecule has 0 aliphatic rings. The van der Waals surface area contributed by atoms with Gasteiger partial charge in [-0.05, 0) is 0 Å². The maximum absolute atomic E-state index is 9.28. The molecule has 0 aromatic heterocycles. The zero-order chi connectivity index (χ0) is 7.33. The van der Waals surface area contributed by atoms with Crippen molar-refractivity contribution in [3.63, 3.8) is 0 Å². The lowest BCUT2D eigenvalue weighted by molar-refractivity contribution is 0.275. The van der Waals surface area contributed by atoms with Gasteiger partial charge in [-0.3, -0.25) is 0 Å². The molecular formula is C3H14O3Si3. The highest BCUT2D eigenvalue weighted by Crippen LogP contribution is 1.98. The van der Waals surface area contributed by atoms with Crippen LogP contribution < -0.4 is 0 Å². The van der Waals surface area contributed by atoms with Crippen LogP contribution >= 0.6 is 0 Å². The van der Waals surface area contributed by atoms with Gasteiger partial charge in [0.15, 0.2) is 0 Å². The monoisotopic (exact) mass is 182 g/mol. The predicted molar refractivity (Wildman–Crippen MR) is 44.8 cm³/mol. The molecule has 0 aromatic rings. The van der Waals surface area contributed by atoms with Gasteiger partial charge in [0.1, 0.15) is 19.5 Å². The first kappa shape index (κ1) is 9.53. The number of hydrogen-bond donors (Lipinski definition) is 1. The van der Waals surface area contributed by atoms with E-state index in [2.05, 4.69) is 0 Å². The molecule has 0 heterocycles. The van der Waals surface area contributed by atoms with E-state index in [9.17, 15) is 4.80 Å². The molecule has 0 unspecified atom stereocenters. The second-order valence-corrected chi connectivity index (χ2v) is 7.02. The average molecular weight is 182 g/mol. The molecule has 0 saturated heterocycles. The molecule has 0 aromatic carbocycles. The standard InChI is InChI=1S/C3H14O3Si3/c1-7-5-9(3,4)6-8-2/h4H,7-8H2,1-3H3. The lowest BCUT2D eigenvalue weighted by Gasteiger charge is -2.18. The van der Waals surface area contributed by atoms with Crippen LogP contribution in [0.1, 0.15) is 0 Å². The van der Waals surface area contributed by atoms with Crippen molar-refractivity contribution in [1.82, 2.24) is 0 Å². The van der Waals surface area contributed by atoms with E-state index in [0.29, 0.717) is 0 Å². The highest BCUT2D eigenvalue weighted by Gasteiger charge is 2.26. The Morgan fingerprint density at radius 1 is 1.22 bits per heavy atom. The minimum atomic E-state index is -2.58. The molecule has 0 fully saturated rings. The molecule has 1 N–H and O–H groups in total. The fraction of sp³-hybridized carbons (Fsp3) is 1.00. The molecule has 9 heavy (non-hydrogen) atoms. The zero-order valence-electron chi connectivity index (χ0n) is 6.18. The van der Waals surface area contributed by atoms with Gasteiger partial charge in [0, 0.05) is 6.55 Å². The smallest absolute Gasteiger partial charge is 0.422 e. The minimum absolute atomic E-state index is 0.502. The summed E-state index contributed by atoms with van der Waals surface area (Å²) < 4.78 is 10.2. The third kappa shape index (κ3) is 5.00. The first-order valence-corrected chi connectivity index (χ1v) is 9.37. The maximum Gasteiger partial charge on any atom is 0.473 e. The molecule has 0 saturated carbocycles. The van der Waals surface area contributed by atoms with Crippen molar-refractivity contribution in [2.24, 2.45) is 0 Å². The van der Waals surface area contributed by atoms with Crippen molar-refractivity contribution >= 4 is 28.3 Å². The van der Waals surface area contributed by atoms with Crippen LogP contribution in [0.2, 0.25) is 19.6 Å².